The molecule has 22 heavy (non-hydrogen) atoms. The zero-order chi connectivity index (χ0) is 16.1. The lowest BCUT2D eigenvalue weighted by atomic mass is 10.0. The quantitative estimate of drug-likeness (QED) is 0.792. The van der Waals surface area contributed by atoms with E-state index in [1.54, 1.807) is 24.2 Å². The molecule has 0 aliphatic heterocycles. The van der Waals surface area contributed by atoms with Crippen LogP contribution >= 0.6 is 23.1 Å². The monoisotopic (exact) mass is 336 g/mol. The molecule has 0 spiro atoms. The van der Waals surface area contributed by atoms with Gasteiger partial charge in [-0.25, -0.2) is 4.98 Å². The van der Waals surface area contributed by atoms with Crippen LogP contribution in [-0.2, 0) is 4.79 Å². The summed E-state index contributed by atoms with van der Waals surface area (Å²) in [6.45, 7) is 1.75. The fraction of sp³-hybridized carbons (Fsp3) is 0.267. The number of hydrogen-bond acceptors (Lipinski definition) is 5. The normalized spacial score (nSPS) is 11.9. The largest absolute Gasteiger partial charge is 0.481 e. The first-order chi connectivity index (χ1) is 10.5. The van der Waals surface area contributed by atoms with Crippen molar-refractivity contribution in [3.63, 3.8) is 0 Å². The number of carboxylic acid groups (broad SMARTS) is 1. The molecule has 7 heteroatoms. The third kappa shape index (κ3) is 4.08. The Labute approximate surface area is 136 Å². The average Bonchev–Trinajstić information content (AvgIpc) is 2.92. The molecule has 0 aliphatic rings. The minimum Gasteiger partial charge on any atom is -0.481 e. The van der Waals surface area contributed by atoms with Crippen molar-refractivity contribution in [1.82, 2.24) is 10.3 Å². The van der Waals surface area contributed by atoms with Crippen molar-refractivity contribution in [3.05, 3.63) is 45.9 Å². The molecule has 2 rings (SSSR count). The number of thioether (sulfide) groups is 1. The van der Waals surface area contributed by atoms with E-state index in [1.807, 2.05) is 30.5 Å². The minimum atomic E-state index is -0.958. The zero-order valence-electron chi connectivity index (χ0n) is 12.2. The predicted octanol–water partition coefficient (Wildman–Crippen LogP) is 3.12. The molecule has 1 heterocycles. The summed E-state index contributed by atoms with van der Waals surface area (Å²) in [5.74, 6) is -1.25. The molecule has 116 valence electrons. The lowest BCUT2D eigenvalue weighted by molar-refractivity contribution is -0.137. The van der Waals surface area contributed by atoms with E-state index >= 15 is 0 Å². The molecular formula is C15H16N2O3S2. The molecule has 2 aromatic rings. The lowest BCUT2D eigenvalue weighted by Gasteiger charge is -2.17. The summed E-state index contributed by atoms with van der Waals surface area (Å²) < 4.78 is 0. The first kappa shape index (κ1) is 16.5. The number of carboxylic acids is 1. The number of aliphatic carboxylic acids is 1. The number of benzene rings is 1. The Bertz CT molecular complexity index is 668. The van der Waals surface area contributed by atoms with Crippen LogP contribution in [0.3, 0.4) is 0 Å². The smallest absolute Gasteiger partial charge is 0.305 e. The lowest BCUT2D eigenvalue weighted by Crippen LogP contribution is -2.30. The number of thiazole rings is 1. The van der Waals surface area contributed by atoms with E-state index in [4.69, 9.17) is 5.11 Å². The first-order valence-corrected chi connectivity index (χ1v) is 8.68. The molecule has 1 amide bonds. The molecule has 2 N–H and O–H groups in total. The molecule has 1 aromatic heterocycles. The van der Waals surface area contributed by atoms with Gasteiger partial charge in [0.05, 0.1) is 23.7 Å². The number of aromatic nitrogens is 1. The summed E-state index contributed by atoms with van der Waals surface area (Å²) in [6.07, 6.45) is 1.81. The van der Waals surface area contributed by atoms with Crippen molar-refractivity contribution in [3.8, 4) is 0 Å². The van der Waals surface area contributed by atoms with Crippen LogP contribution in [0.5, 0.6) is 0 Å². The maximum Gasteiger partial charge on any atom is 0.305 e. The number of rotatable bonds is 6. The Morgan fingerprint density at radius 3 is 2.55 bits per heavy atom. The standard InChI is InChI=1S/C15H16N2O3S2/c1-9-14(22-8-16-9)15(20)17-12(7-13(18)19)10-3-5-11(21-2)6-4-10/h3-6,8,12H,7H2,1-2H3,(H,17,20)(H,18,19). The van der Waals surface area contributed by atoms with Gasteiger partial charge in [0.15, 0.2) is 0 Å². The van der Waals surface area contributed by atoms with Crippen LogP contribution in [0.4, 0.5) is 0 Å². The number of nitrogens with zero attached hydrogens (tertiary/aromatic N) is 1. The highest BCUT2D eigenvalue weighted by Crippen LogP contribution is 2.22. The van der Waals surface area contributed by atoms with Gasteiger partial charge < -0.3 is 10.4 Å². The van der Waals surface area contributed by atoms with Gasteiger partial charge in [-0.3, -0.25) is 9.59 Å². The Morgan fingerprint density at radius 1 is 1.36 bits per heavy atom. The number of aryl methyl sites for hydroxylation is 1. The second-order valence-corrected chi connectivity index (χ2v) is 6.40. The van der Waals surface area contributed by atoms with Gasteiger partial charge in [0.25, 0.3) is 5.91 Å². The molecular weight excluding hydrogens is 320 g/mol. The van der Waals surface area contributed by atoms with E-state index in [9.17, 15) is 9.59 Å². The van der Waals surface area contributed by atoms with Crippen LogP contribution in [0.1, 0.15) is 33.4 Å². The number of carbonyl (C=O) groups excluding carboxylic acids is 1. The Hall–Kier alpha value is -1.86. The van der Waals surface area contributed by atoms with E-state index in [0.29, 0.717) is 10.6 Å². The van der Waals surface area contributed by atoms with Crippen molar-refractivity contribution in [2.75, 3.05) is 6.26 Å². The number of carbonyl (C=O) groups is 2. The second kappa shape index (κ2) is 7.42. The molecule has 0 aliphatic carbocycles. The maximum atomic E-state index is 12.3. The van der Waals surface area contributed by atoms with Crippen molar-refractivity contribution in [2.24, 2.45) is 0 Å². The molecule has 0 saturated heterocycles. The van der Waals surface area contributed by atoms with E-state index in [2.05, 4.69) is 10.3 Å². The van der Waals surface area contributed by atoms with Crippen LogP contribution in [0.2, 0.25) is 0 Å². The highest BCUT2D eigenvalue weighted by Gasteiger charge is 2.20. The zero-order valence-corrected chi connectivity index (χ0v) is 13.8. The van der Waals surface area contributed by atoms with Crippen molar-refractivity contribution < 1.29 is 14.7 Å². The van der Waals surface area contributed by atoms with Crippen LogP contribution in [-0.4, -0.2) is 28.2 Å². The van der Waals surface area contributed by atoms with Crippen LogP contribution in [0.25, 0.3) is 0 Å². The van der Waals surface area contributed by atoms with E-state index in [1.165, 1.54) is 11.3 Å². The third-order valence-corrected chi connectivity index (χ3v) is 4.82. The minimum absolute atomic E-state index is 0.164. The predicted molar refractivity (Wildman–Crippen MR) is 87.5 cm³/mol. The van der Waals surface area contributed by atoms with Gasteiger partial charge in [-0.05, 0) is 30.9 Å². The van der Waals surface area contributed by atoms with Crippen LogP contribution in [0.15, 0.2) is 34.7 Å². The van der Waals surface area contributed by atoms with Gasteiger partial charge in [-0.1, -0.05) is 12.1 Å². The van der Waals surface area contributed by atoms with Gasteiger partial charge >= 0.3 is 5.97 Å². The summed E-state index contributed by atoms with van der Waals surface area (Å²) in [4.78, 5) is 29.0. The summed E-state index contributed by atoms with van der Waals surface area (Å²) in [7, 11) is 0. The van der Waals surface area contributed by atoms with E-state index in [-0.39, 0.29) is 12.3 Å². The van der Waals surface area contributed by atoms with Crippen LogP contribution in [0, 0.1) is 6.92 Å². The maximum absolute atomic E-state index is 12.3. The van der Waals surface area contributed by atoms with Crippen molar-refractivity contribution >= 4 is 35.0 Å². The molecule has 0 bridgehead atoms. The first-order valence-electron chi connectivity index (χ1n) is 6.58. The summed E-state index contributed by atoms with van der Waals surface area (Å²) in [5.41, 5.74) is 3.02. The van der Waals surface area contributed by atoms with Crippen molar-refractivity contribution in [2.45, 2.75) is 24.3 Å². The summed E-state index contributed by atoms with van der Waals surface area (Å²) in [5, 5.41) is 11.9. The topological polar surface area (TPSA) is 79.3 Å². The molecule has 1 unspecified atom stereocenters. The third-order valence-electron chi connectivity index (χ3n) is 3.15. The molecule has 1 aromatic carbocycles. The number of hydrogen-bond donors (Lipinski definition) is 2. The fourth-order valence-corrected chi connectivity index (χ4v) is 3.12. The van der Waals surface area contributed by atoms with Crippen LogP contribution < -0.4 is 5.32 Å². The summed E-state index contributed by atoms with van der Waals surface area (Å²) >= 11 is 2.85. The van der Waals surface area contributed by atoms with Crippen molar-refractivity contribution in [1.29, 1.82) is 0 Å². The second-order valence-electron chi connectivity index (χ2n) is 4.66. The van der Waals surface area contributed by atoms with E-state index in [0.717, 1.165) is 10.5 Å². The molecule has 1 atom stereocenters. The molecule has 0 saturated carbocycles. The molecule has 0 radical (unpaired) electrons. The van der Waals surface area contributed by atoms with Gasteiger partial charge in [-0.15, -0.1) is 23.1 Å². The Kier molecular flexibility index (Phi) is 5.57. The Balaban J connectivity index is 2.20. The van der Waals surface area contributed by atoms with Gasteiger partial charge in [0, 0.05) is 4.90 Å². The van der Waals surface area contributed by atoms with Gasteiger partial charge in [-0.2, -0.15) is 0 Å². The molecule has 5 nitrogen and oxygen atoms in total. The highest BCUT2D eigenvalue weighted by atomic mass is 32.2. The highest BCUT2D eigenvalue weighted by molar-refractivity contribution is 7.98. The molecule has 0 fully saturated rings. The number of amides is 1. The SMILES string of the molecule is CSc1ccc(C(CC(=O)O)NC(=O)c2scnc2C)cc1. The van der Waals surface area contributed by atoms with Gasteiger partial charge in [0.1, 0.15) is 4.88 Å². The van der Waals surface area contributed by atoms with Gasteiger partial charge in [0.2, 0.25) is 0 Å². The average molecular weight is 336 g/mol. The summed E-state index contributed by atoms with van der Waals surface area (Å²) in [6, 6.07) is 6.96. The number of nitrogens with one attached hydrogen (secondary N) is 1. The van der Waals surface area contributed by atoms with E-state index < -0.39 is 12.0 Å². The Morgan fingerprint density at radius 2 is 2.05 bits per heavy atom. The fourth-order valence-electron chi connectivity index (χ4n) is 2.01.